The van der Waals surface area contributed by atoms with Gasteiger partial charge in [-0.05, 0) is 42.5 Å². The molecule has 3 amide bonds. The van der Waals surface area contributed by atoms with E-state index in [1.165, 1.54) is 0 Å². The summed E-state index contributed by atoms with van der Waals surface area (Å²) in [6.07, 6.45) is -7.98. The van der Waals surface area contributed by atoms with Crippen LogP contribution in [0.1, 0.15) is 49.4 Å². The van der Waals surface area contributed by atoms with Crippen LogP contribution in [-0.2, 0) is 28.7 Å². The molecule has 0 aromatic heterocycles. The Bertz CT molecular complexity index is 1440. The number of alkyl halides is 1. The third kappa shape index (κ3) is 13.4. The number of carbonyl (C=O) groups is 5. The zero-order chi connectivity index (χ0) is 36.1. The van der Waals surface area contributed by atoms with Crippen LogP contribution in [0.2, 0.25) is 0 Å². The normalized spacial score (nSPS) is 22.2. The maximum absolute atomic E-state index is 12.9. The van der Waals surface area contributed by atoms with Crippen LogP contribution < -0.4 is 85.3 Å². The number of carbonyl (C=O) groups excluding carboxylic acids is 5. The summed E-state index contributed by atoms with van der Waals surface area (Å²) in [5.74, 6) is -8.67. The fraction of sp³-hybridized carbons (Fsp3) is 0.485. The van der Waals surface area contributed by atoms with Gasteiger partial charge in [0.2, 0.25) is 17.6 Å². The second kappa shape index (κ2) is 22.8. The van der Waals surface area contributed by atoms with Crippen LogP contribution in [0.15, 0.2) is 54.6 Å². The van der Waals surface area contributed by atoms with Crippen molar-refractivity contribution >= 4 is 41.3 Å². The van der Waals surface area contributed by atoms with E-state index in [2.05, 4.69) is 16.0 Å². The first kappa shape index (κ1) is 46.9. The fourth-order valence-electron chi connectivity index (χ4n) is 5.39. The Morgan fingerprint density at radius 1 is 0.902 bits per heavy atom. The Morgan fingerprint density at radius 2 is 1.53 bits per heavy atom. The molecular weight excluding hydrogens is 712 g/mol. The maximum Gasteiger partial charge on any atom is 1.00 e. The summed E-state index contributed by atoms with van der Waals surface area (Å²) in [5.41, 5.74) is 2.03. The number of benzene rings is 2. The number of rotatable bonds is 18. The van der Waals surface area contributed by atoms with E-state index in [1.807, 2.05) is 30.3 Å². The molecule has 1 saturated heterocycles. The van der Waals surface area contributed by atoms with Crippen molar-refractivity contribution in [2.75, 3.05) is 19.0 Å². The SMILES string of the molecule is CC(=O)N[C@@H]1[C@@H](NC(=O)CCCl)[C@H](O)[C@](OCCCCCC(=O)[O-])(C(=O)[O-])O[C@H]1[C@H](O)[C@H](O)CNC(=O)c1ccc(-c2ccccc2)cc1.[Na+].[Na+]. The monoisotopic (exact) mass is 751 g/mol. The van der Waals surface area contributed by atoms with Crippen LogP contribution in [0.3, 0.4) is 0 Å². The van der Waals surface area contributed by atoms with Crippen molar-refractivity contribution in [1.29, 1.82) is 0 Å². The number of carboxylic acids is 2. The van der Waals surface area contributed by atoms with Gasteiger partial charge in [-0.3, -0.25) is 14.4 Å². The van der Waals surface area contributed by atoms with E-state index in [4.69, 9.17) is 21.1 Å². The average molecular weight is 752 g/mol. The third-order valence-corrected chi connectivity index (χ3v) is 8.07. The van der Waals surface area contributed by atoms with Crippen molar-refractivity contribution in [3.05, 3.63) is 60.2 Å². The molecule has 268 valence electrons. The molecule has 15 nitrogen and oxygen atoms in total. The van der Waals surface area contributed by atoms with Crippen molar-refractivity contribution in [3.8, 4) is 11.1 Å². The summed E-state index contributed by atoms with van der Waals surface area (Å²) in [4.78, 5) is 61.0. The average Bonchev–Trinajstić information content (AvgIpc) is 3.07. The Labute approximate surface area is 344 Å². The minimum atomic E-state index is -3.04. The number of amides is 3. The van der Waals surface area contributed by atoms with E-state index in [0.717, 1.165) is 18.1 Å². The minimum Gasteiger partial charge on any atom is -0.550 e. The van der Waals surface area contributed by atoms with Crippen LogP contribution in [-0.4, -0.2) is 106 Å². The van der Waals surface area contributed by atoms with Gasteiger partial charge in [0, 0.05) is 37.3 Å². The number of ether oxygens (including phenoxy) is 2. The first-order valence-corrected chi connectivity index (χ1v) is 16.2. The number of hydrogen-bond donors (Lipinski definition) is 6. The first-order valence-electron chi connectivity index (χ1n) is 15.6. The van der Waals surface area contributed by atoms with E-state index in [9.17, 15) is 49.5 Å². The van der Waals surface area contributed by atoms with Crippen LogP contribution in [0.5, 0.6) is 0 Å². The predicted molar refractivity (Wildman–Crippen MR) is 169 cm³/mol. The molecule has 0 saturated carbocycles. The molecular formula is C33H40ClN3Na2O12. The van der Waals surface area contributed by atoms with E-state index >= 15 is 0 Å². The van der Waals surface area contributed by atoms with Gasteiger partial charge in [0.1, 0.15) is 24.3 Å². The quantitative estimate of drug-likeness (QED) is 0.0473. The van der Waals surface area contributed by atoms with Gasteiger partial charge in [-0.2, -0.15) is 0 Å². The molecule has 1 fully saturated rings. The molecule has 6 N–H and O–H groups in total. The maximum atomic E-state index is 12.9. The van der Waals surface area contributed by atoms with Gasteiger partial charge in [0.25, 0.3) is 5.91 Å². The van der Waals surface area contributed by atoms with Gasteiger partial charge < -0.3 is 60.5 Å². The Morgan fingerprint density at radius 3 is 2.10 bits per heavy atom. The number of aliphatic hydroxyl groups excluding tert-OH is 3. The number of carboxylic acid groups (broad SMARTS) is 2. The number of hydrogen-bond acceptors (Lipinski definition) is 12. The van der Waals surface area contributed by atoms with Crippen molar-refractivity contribution in [2.24, 2.45) is 0 Å². The molecule has 0 radical (unpaired) electrons. The van der Waals surface area contributed by atoms with Gasteiger partial charge in [-0.25, -0.2) is 0 Å². The Kier molecular flexibility index (Phi) is 21.0. The summed E-state index contributed by atoms with van der Waals surface area (Å²) in [7, 11) is 0. The number of halogens is 1. The van der Waals surface area contributed by atoms with Crippen LogP contribution in [0, 0.1) is 0 Å². The molecule has 7 atom stereocenters. The fourth-order valence-corrected chi connectivity index (χ4v) is 5.56. The summed E-state index contributed by atoms with van der Waals surface area (Å²) >= 11 is 5.67. The predicted octanol–water partition coefficient (Wildman–Crippen LogP) is -8.04. The molecule has 1 heterocycles. The van der Waals surface area contributed by atoms with E-state index in [-0.39, 0.29) is 103 Å². The molecule has 0 unspecified atom stereocenters. The van der Waals surface area contributed by atoms with Gasteiger partial charge in [0.05, 0.1) is 24.8 Å². The molecule has 2 aromatic carbocycles. The van der Waals surface area contributed by atoms with Gasteiger partial charge >= 0.3 is 59.1 Å². The molecule has 51 heavy (non-hydrogen) atoms. The van der Waals surface area contributed by atoms with Gasteiger partial charge in [0.15, 0.2) is 0 Å². The largest absolute Gasteiger partial charge is 1.00 e. The van der Waals surface area contributed by atoms with Crippen molar-refractivity contribution < 1.29 is 118 Å². The standard InChI is InChI=1S/C33H42ClN3O12.2Na/c1-19(38)36-26-27(37-24(40)15-16-34)30(44)33(32(46)47,48-17-7-3-6-10-25(41)42)49-29(26)28(43)23(39)18-35-31(45)22-13-11-21(12-14-22)20-8-4-2-5-9-20;;/h2,4-5,8-9,11-14,23,26-30,39,43-44H,3,6-7,10,15-18H2,1H3,(H,35,45)(H,36,38)(H,37,40)(H,41,42)(H,46,47);;/q;2*+1/p-2/t23-,26-,27-,28-,29-,30+,33-;;/m1../s1. The van der Waals surface area contributed by atoms with Crippen molar-refractivity contribution in [3.63, 3.8) is 0 Å². The summed E-state index contributed by atoms with van der Waals surface area (Å²) in [6.45, 7) is 0.100. The zero-order valence-electron chi connectivity index (χ0n) is 28.7. The van der Waals surface area contributed by atoms with Crippen molar-refractivity contribution in [2.45, 2.75) is 81.3 Å². The second-order valence-corrected chi connectivity index (χ2v) is 11.9. The van der Waals surface area contributed by atoms with E-state index in [0.29, 0.717) is 0 Å². The molecule has 2 aromatic rings. The molecule has 1 aliphatic rings. The number of unbranched alkanes of at least 4 members (excludes halogenated alkanes) is 2. The summed E-state index contributed by atoms with van der Waals surface area (Å²) in [5, 5.41) is 64.1. The Balaban J connectivity index is 0.00000650. The van der Waals surface area contributed by atoms with E-state index in [1.54, 1.807) is 24.3 Å². The molecule has 18 heteroatoms. The number of aliphatic hydroxyl groups is 3. The van der Waals surface area contributed by atoms with Crippen LogP contribution >= 0.6 is 11.6 Å². The smallest absolute Gasteiger partial charge is 0.550 e. The van der Waals surface area contributed by atoms with Gasteiger partial charge in [-0.1, -0.05) is 48.9 Å². The van der Waals surface area contributed by atoms with Crippen molar-refractivity contribution in [1.82, 2.24) is 16.0 Å². The van der Waals surface area contributed by atoms with E-state index < -0.39 is 85.1 Å². The molecule has 0 spiro atoms. The summed E-state index contributed by atoms with van der Waals surface area (Å²) in [6, 6.07) is 12.8. The zero-order valence-corrected chi connectivity index (χ0v) is 33.5. The molecule has 0 bridgehead atoms. The third-order valence-electron chi connectivity index (χ3n) is 7.88. The van der Waals surface area contributed by atoms with Crippen LogP contribution in [0.25, 0.3) is 11.1 Å². The second-order valence-electron chi connectivity index (χ2n) is 11.5. The molecule has 1 aliphatic heterocycles. The minimum absolute atomic E-state index is 0. The summed E-state index contributed by atoms with van der Waals surface area (Å²) < 4.78 is 11.1. The molecule has 3 rings (SSSR count). The van der Waals surface area contributed by atoms with Crippen LogP contribution in [0.4, 0.5) is 0 Å². The Hall–Kier alpha value is -2.12. The molecule has 0 aliphatic carbocycles. The number of nitrogens with one attached hydrogen (secondary N) is 3. The number of aliphatic carboxylic acids is 2. The first-order chi connectivity index (χ1) is 23.3. The van der Waals surface area contributed by atoms with Gasteiger partial charge in [-0.15, -0.1) is 11.6 Å². The topological polar surface area (TPSA) is 247 Å².